The number of ketones is 1. The van der Waals surface area contributed by atoms with Crippen LogP contribution in [0.1, 0.15) is 112 Å². The van der Waals surface area contributed by atoms with Crippen LogP contribution in [-0.4, -0.2) is 43.5 Å². The molecule has 0 bridgehead atoms. The molecule has 3 saturated carbocycles. The van der Waals surface area contributed by atoms with Crippen LogP contribution in [0.3, 0.4) is 0 Å². The Kier molecular flexibility index (Phi) is 9.13. The Bertz CT molecular complexity index is 789. The molecule has 0 aromatic rings. The molecule has 36 heavy (non-hydrogen) atoms. The van der Waals surface area contributed by atoms with Crippen molar-refractivity contribution in [3.05, 3.63) is 11.6 Å². The molecule has 0 aliphatic heterocycles. The number of Topliss-reactive ketones (excluding diaryl/α,β-unsaturated/α-hetero) is 1. The van der Waals surface area contributed by atoms with E-state index in [0.717, 1.165) is 55.1 Å². The number of carbonyl (C=O) groups excluding carboxylic acids is 1. The summed E-state index contributed by atoms with van der Waals surface area (Å²) in [4.78, 5) is 13.4. The molecule has 0 aromatic carbocycles. The van der Waals surface area contributed by atoms with E-state index in [1.165, 1.54) is 64.2 Å². The molecule has 0 radical (unpaired) electrons. The fraction of sp³-hybridized carbons (Fsp3) is 0.909. The van der Waals surface area contributed by atoms with Gasteiger partial charge < -0.3 is 4.74 Å². The second kappa shape index (κ2) is 11.6. The van der Waals surface area contributed by atoms with E-state index < -0.39 is 0 Å². The number of hydrogen-bond acceptors (Lipinski definition) is 3. The van der Waals surface area contributed by atoms with Crippen LogP contribution in [0.2, 0.25) is 0 Å². The third-order valence-electron chi connectivity index (χ3n) is 11.6. The molecule has 3 unspecified atom stereocenters. The van der Waals surface area contributed by atoms with Crippen LogP contribution < -0.4 is 0 Å². The highest BCUT2D eigenvalue weighted by molar-refractivity contribution is 5.77. The van der Waals surface area contributed by atoms with Crippen molar-refractivity contribution in [2.75, 3.05) is 26.7 Å². The van der Waals surface area contributed by atoms with Gasteiger partial charge in [-0.05, 0) is 112 Å². The second-order valence-electron chi connectivity index (χ2n) is 14.5. The minimum Gasteiger partial charge on any atom is -0.377 e. The van der Waals surface area contributed by atoms with Crippen molar-refractivity contribution in [3.63, 3.8) is 0 Å². The lowest BCUT2D eigenvalue weighted by atomic mass is 9.47. The topological polar surface area (TPSA) is 29.5 Å². The van der Waals surface area contributed by atoms with Crippen molar-refractivity contribution >= 4 is 5.78 Å². The Morgan fingerprint density at radius 2 is 1.86 bits per heavy atom. The molecule has 8 atom stereocenters. The predicted molar refractivity (Wildman–Crippen MR) is 151 cm³/mol. The molecule has 0 amide bonds. The molecular formula is C33H57NO2. The van der Waals surface area contributed by atoms with E-state index in [2.05, 4.69) is 45.6 Å². The van der Waals surface area contributed by atoms with Gasteiger partial charge in [-0.3, -0.25) is 9.69 Å². The second-order valence-corrected chi connectivity index (χ2v) is 14.5. The van der Waals surface area contributed by atoms with E-state index in [0.29, 0.717) is 23.5 Å². The predicted octanol–water partition coefficient (Wildman–Crippen LogP) is 7.93. The Morgan fingerprint density at radius 1 is 1.08 bits per heavy atom. The van der Waals surface area contributed by atoms with Crippen molar-refractivity contribution in [1.29, 1.82) is 0 Å². The van der Waals surface area contributed by atoms with E-state index in [1.54, 1.807) is 12.5 Å². The first kappa shape index (κ1) is 28.3. The first-order chi connectivity index (χ1) is 17.0. The van der Waals surface area contributed by atoms with Crippen LogP contribution in [0, 0.1) is 46.3 Å². The fourth-order valence-electron chi connectivity index (χ4n) is 9.63. The average Bonchev–Trinajstić information content (AvgIpc) is 3.15. The summed E-state index contributed by atoms with van der Waals surface area (Å²) in [6.07, 6.45) is 18.1. The smallest absolute Gasteiger partial charge is 0.143 e. The highest BCUT2D eigenvalue weighted by atomic mass is 16.5. The minimum atomic E-state index is 0.227. The summed E-state index contributed by atoms with van der Waals surface area (Å²) in [5.41, 5.74) is 2.69. The van der Waals surface area contributed by atoms with Crippen LogP contribution in [0.5, 0.6) is 0 Å². The molecule has 0 spiro atoms. The Labute approximate surface area is 223 Å². The normalized spacial score (nSPS) is 38.9. The van der Waals surface area contributed by atoms with Gasteiger partial charge in [0.05, 0.1) is 19.3 Å². The van der Waals surface area contributed by atoms with Gasteiger partial charge in [0.25, 0.3) is 0 Å². The van der Waals surface area contributed by atoms with Gasteiger partial charge in [-0.1, -0.05) is 65.5 Å². The minimum absolute atomic E-state index is 0.227. The Morgan fingerprint density at radius 3 is 2.58 bits per heavy atom. The molecule has 3 fully saturated rings. The molecule has 4 aliphatic carbocycles. The number of rotatable bonds is 11. The lowest BCUT2D eigenvalue weighted by molar-refractivity contribution is -0.118. The van der Waals surface area contributed by atoms with Crippen LogP contribution >= 0.6 is 0 Å². The first-order valence-electron chi connectivity index (χ1n) is 15.5. The summed E-state index contributed by atoms with van der Waals surface area (Å²) < 4.78 is 6.34. The summed E-state index contributed by atoms with van der Waals surface area (Å²) >= 11 is 0. The summed E-state index contributed by atoms with van der Waals surface area (Å²) in [5, 5.41) is 0. The van der Waals surface area contributed by atoms with E-state index >= 15 is 0 Å². The molecule has 4 rings (SSSR count). The standard InChI is InChI=1S/C33H57NO2/c1-23(2)9-8-10-24(3)29-13-14-30-28-12-11-26-21-27(36-20-19-34(7)22-25(4)35)15-17-32(26,5)31(28)16-18-33(29,30)6/h11,23-24,27-31H,8-10,12-22H2,1-7H3/t24-,27+,28?,29-,30?,31?,32+,33-/m1/s1. The molecule has 4 aliphatic rings. The number of likely N-dealkylation sites (N-methyl/N-ethyl adjacent to an activating group) is 1. The molecule has 0 N–H and O–H groups in total. The van der Waals surface area contributed by atoms with Gasteiger partial charge in [0.15, 0.2) is 0 Å². The number of allylic oxidation sites excluding steroid dienone is 1. The van der Waals surface area contributed by atoms with Crippen LogP contribution in [-0.2, 0) is 9.53 Å². The molecule has 206 valence electrons. The lowest BCUT2D eigenvalue weighted by Crippen LogP contribution is -2.51. The first-order valence-corrected chi connectivity index (χ1v) is 15.5. The summed E-state index contributed by atoms with van der Waals surface area (Å²) in [5.74, 6) is 5.63. The molecule has 0 aromatic heterocycles. The third kappa shape index (κ3) is 5.83. The van der Waals surface area contributed by atoms with Gasteiger partial charge >= 0.3 is 0 Å². The van der Waals surface area contributed by atoms with Gasteiger partial charge in [-0.25, -0.2) is 0 Å². The highest BCUT2D eigenvalue weighted by Gasteiger charge is 2.59. The third-order valence-corrected chi connectivity index (χ3v) is 11.6. The van der Waals surface area contributed by atoms with Crippen LogP contribution in [0.15, 0.2) is 11.6 Å². The lowest BCUT2D eigenvalue weighted by Gasteiger charge is -2.58. The van der Waals surface area contributed by atoms with Crippen LogP contribution in [0.25, 0.3) is 0 Å². The van der Waals surface area contributed by atoms with E-state index in [4.69, 9.17) is 4.74 Å². The number of fused-ring (bicyclic) bond motifs is 5. The zero-order chi connectivity index (χ0) is 26.1. The van der Waals surface area contributed by atoms with Gasteiger partial charge in [0.1, 0.15) is 5.78 Å². The van der Waals surface area contributed by atoms with Gasteiger partial charge in [0.2, 0.25) is 0 Å². The van der Waals surface area contributed by atoms with E-state index in [9.17, 15) is 4.79 Å². The van der Waals surface area contributed by atoms with Gasteiger partial charge in [-0.15, -0.1) is 0 Å². The van der Waals surface area contributed by atoms with Crippen LogP contribution in [0.4, 0.5) is 0 Å². The SMILES string of the molecule is CC(=O)CN(C)CCO[C@H]1CC[C@@]2(C)C(=CCC3C2CC[C@@]2(C)C3CC[C@@H]2[C@H](C)CCCC(C)C)C1. The highest BCUT2D eigenvalue weighted by Crippen LogP contribution is 2.67. The Hall–Kier alpha value is -0.670. The quantitative estimate of drug-likeness (QED) is 0.270. The molecular weight excluding hydrogens is 442 g/mol. The maximum atomic E-state index is 11.3. The van der Waals surface area contributed by atoms with Crippen molar-refractivity contribution in [1.82, 2.24) is 4.90 Å². The fourth-order valence-corrected chi connectivity index (χ4v) is 9.63. The molecule has 3 heteroatoms. The average molecular weight is 500 g/mol. The summed E-state index contributed by atoms with van der Waals surface area (Å²) in [6, 6.07) is 0. The van der Waals surface area contributed by atoms with E-state index in [1.807, 2.05) is 7.05 Å². The maximum Gasteiger partial charge on any atom is 0.143 e. The molecule has 3 nitrogen and oxygen atoms in total. The summed E-state index contributed by atoms with van der Waals surface area (Å²) in [7, 11) is 2.02. The van der Waals surface area contributed by atoms with Crippen molar-refractivity contribution in [2.24, 2.45) is 46.3 Å². The largest absolute Gasteiger partial charge is 0.377 e. The van der Waals surface area contributed by atoms with E-state index in [-0.39, 0.29) is 5.78 Å². The zero-order valence-corrected chi connectivity index (χ0v) is 24.8. The van der Waals surface area contributed by atoms with Crippen molar-refractivity contribution < 1.29 is 9.53 Å². The zero-order valence-electron chi connectivity index (χ0n) is 24.8. The van der Waals surface area contributed by atoms with Crippen molar-refractivity contribution in [3.8, 4) is 0 Å². The number of hydrogen-bond donors (Lipinski definition) is 0. The van der Waals surface area contributed by atoms with Crippen molar-refractivity contribution in [2.45, 2.75) is 118 Å². The monoisotopic (exact) mass is 499 g/mol. The summed E-state index contributed by atoms with van der Waals surface area (Å²) in [6.45, 7) is 16.4. The molecule has 0 heterocycles. The molecule has 0 saturated heterocycles. The number of nitrogens with zero attached hydrogens (tertiary/aromatic N) is 1. The van der Waals surface area contributed by atoms with Gasteiger partial charge in [0, 0.05) is 6.54 Å². The Balaban J connectivity index is 1.36. The number of carbonyl (C=O) groups is 1. The maximum absolute atomic E-state index is 11.3. The number of ether oxygens (including phenoxy) is 1. The van der Waals surface area contributed by atoms with Gasteiger partial charge in [-0.2, -0.15) is 0 Å².